The molecule has 0 radical (unpaired) electrons. The average Bonchev–Trinajstić information content (AvgIpc) is 2.61. The normalized spacial score (nSPS) is 17.9. The Morgan fingerprint density at radius 2 is 2.38 bits per heavy atom. The molecule has 70 valence electrons. The van der Waals surface area contributed by atoms with E-state index < -0.39 is 0 Å². The lowest BCUT2D eigenvalue weighted by atomic mass is 10.3. The summed E-state index contributed by atoms with van der Waals surface area (Å²) in [6, 6.07) is 3.71. The van der Waals surface area contributed by atoms with Gasteiger partial charge in [-0.2, -0.15) is 0 Å². The van der Waals surface area contributed by atoms with Crippen LogP contribution in [0.3, 0.4) is 0 Å². The van der Waals surface area contributed by atoms with E-state index in [-0.39, 0.29) is 11.6 Å². The molecular weight excluding hydrogens is 184 g/mol. The van der Waals surface area contributed by atoms with Crippen LogP contribution in [-0.4, -0.2) is 11.6 Å². The summed E-state index contributed by atoms with van der Waals surface area (Å²) in [6.07, 6.45) is 2.18. The minimum absolute atomic E-state index is 0.0569. The molecule has 2 N–H and O–H groups in total. The second-order valence-corrected chi connectivity index (χ2v) is 4.56. The molecule has 1 fully saturated rings. The summed E-state index contributed by atoms with van der Waals surface area (Å²) in [5, 5.41) is 8.54. The van der Waals surface area contributed by atoms with Crippen LogP contribution >= 0.6 is 11.3 Å². The Balaban J connectivity index is 1.85. The molecule has 1 aromatic rings. The fraction of sp³-hybridized carbons (Fsp3) is 0.444. The predicted molar refractivity (Wildman–Crippen MR) is 54.1 cm³/mol. The van der Waals surface area contributed by atoms with E-state index in [9.17, 15) is 4.79 Å². The first-order chi connectivity index (χ1) is 6.18. The largest absolute Gasteiger partial charge is 0.333 e. The first kappa shape index (κ1) is 8.56. The van der Waals surface area contributed by atoms with Crippen LogP contribution in [0, 0.1) is 0 Å². The number of hydrogen-bond acceptors (Lipinski definition) is 2. The topological polar surface area (TPSA) is 41.1 Å². The zero-order valence-electron chi connectivity index (χ0n) is 7.46. The number of thiophene rings is 1. The second kappa shape index (κ2) is 3.03. The Kier molecular flexibility index (Phi) is 2.00. The fourth-order valence-corrected chi connectivity index (χ4v) is 1.69. The number of urea groups is 1. The quantitative estimate of drug-likeness (QED) is 0.749. The van der Waals surface area contributed by atoms with Gasteiger partial charge in [0.2, 0.25) is 0 Å². The number of carbonyl (C=O) groups is 1. The Hall–Kier alpha value is -1.03. The van der Waals surface area contributed by atoms with Gasteiger partial charge in [0.25, 0.3) is 0 Å². The molecule has 0 bridgehead atoms. The molecule has 0 aromatic carbocycles. The van der Waals surface area contributed by atoms with Crippen LogP contribution in [0.4, 0.5) is 9.80 Å². The zero-order valence-corrected chi connectivity index (χ0v) is 8.28. The molecule has 0 aliphatic heterocycles. The molecular formula is C9H12N2OS. The number of anilines is 1. The van der Waals surface area contributed by atoms with Crippen molar-refractivity contribution in [1.29, 1.82) is 0 Å². The van der Waals surface area contributed by atoms with Gasteiger partial charge in [0.15, 0.2) is 0 Å². The molecule has 4 heteroatoms. The standard InChI is InChI=1S/C9H12N2OS/c1-9(4-5-9)11-8(12)10-7-3-2-6-13-7/h2-3,6H,4-5H2,1H3,(H2,10,11,12). The van der Waals surface area contributed by atoms with Gasteiger partial charge in [-0.25, -0.2) is 4.79 Å². The lowest BCUT2D eigenvalue weighted by Crippen LogP contribution is -2.37. The highest BCUT2D eigenvalue weighted by Gasteiger charge is 2.38. The summed E-state index contributed by atoms with van der Waals surface area (Å²) in [4.78, 5) is 11.4. The first-order valence-electron chi connectivity index (χ1n) is 4.31. The molecule has 1 saturated carbocycles. The van der Waals surface area contributed by atoms with Crippen molar-refractivity contribution in [2.75, 3.05) is 5.32 Å². The average molecular weight is 196 g/mol. The minimum atomic E-state index is -0.0950. The van der Waals surface area contributed by atoms with Gasteiger partial charge in [-0.3, -0.25) is 5.32 Å². The van der Waals surface area contributed by atoms with Crippen molar-refractivity contribution < 1.29 is 4.79 Å². The number of carbonyl (C=O) groups excluding carboxylic acids is 1. The van der Waals surface area contributed by atoms with E-state index in [0.29, 0.717) is 0 Å². The SMILES string of the molecule is CC1(NC(=O)Nc2cccs2)CC1. The van der Waals surface area contributed by atoms with Gasteiger partial charge in [0.1, 0.15) is 0 Å². The van der Waals surface area contributed by atoms with E-state index in [1.54, 1.807) is 0 Å². The third kappa shape index (κ3) is 2.21. The first-order valence-corrected chi connectivity index (χ1v) is 5.19. The van der Waals surface area contributed by atoms with Gasteiger partial charge < -0.3 is 5.32 Å². The van der Waals surface area contributed by atoms with E-state index >= 15 is 0 Å². The zero-order chi connectivity index (χ0) is 9.31. The lowest BCUT2D eigenvalue weighted by molar-refractivity contribution is 0.248. The van der Waals surface area contributed by atoms with Crippen LogP contribution in [0.25, 0.3) is 0 Å². The second-order valence-electron chi connectivity index (χ2n) is 3.62. The van der Waals surface area contributed by atoms with Crippen molar-refractivity contribution in [2.45, 2.75) is 25.3 Å². The van der Waals surface area contributed by atoms with E-state index in [1.165, 1.54) is 11.3 Å². The van der Waals surface area contributed by atoms with Crippen LogP contribution in [0.5, 0.6) is 0 Å². The van der Waals surface area contributed by atoms with E-state index in [4.69, 9.17) is 0 Å². The predicted octanol–water partition coefficient (Wildman–Crippen LogP) is 2.42. The molecule has 1 aliphatic carbocycles. The van der Waals surface area contributed by atoms with E-state index in [1.807, 2.05) is 17.5 Å². The summed E-state index contributed by atoms with van der Waals surface area (Å²) < 4.78 is 0. The van der Waals surface area contributed by atoms with Crippen LogP contribution in [0.2, 0.25) is 0 Å². The smallest absolute Gasteiger partial charge is 0.320 e. The van der Waals surface area contributed by atoms with Crippen molar-refractivity contribution in [3.8, 4) is 0 Å². The Morgan fingerprint density at radius 3 is 2.92 bits per heavy atom. The third-order valence-corrected chi connectivity index (χ3v) is 2.96. The third-order valence-electron chi connectivity index (χ3n) is 2.17. The highest BCUT2D eigenvalue weighted by atomic mass is 32.1. The maximum atomic E-state index is 11.4. The number of amides is 2. The number of hydrogen-bond donors (Lipinski definition) is 2. The summed E-state index contributed by atoms with van der Waals surface area (Å²) in [7, 11) is 0. The molecule has 1 heterocycles. The van der Waals surface area contributed by atoms with Crippen molar-refractivity contribution in [2.24, 2.45) is 0 Å². The highest BCUT2D eigenvalue weighted by Crippen LogP contribution is 2.34. The monoisotopic (exact) mass is 196 g/mol. The summed E-state index contributed by atoms with van der Waals surface area (Å²) in [5.74, 6) is 0. The van der Waals surface area contributed by atoms with Crippen molar-refractivity contribution in [3.05, 3.63) is 17.5 Å². The summed E-state index contributed by atoms with van der Waals surface area (Å²) in [6.45, 7) is 2.06. The van der Waals surface area contributed by atoms with Gasteiger partial charge in [-0.05, 0) is 37.3 Å². The summed E-state index contributed by atoms with van der Waals surface area (Å²) in [5.41, 5.74) is 0.0569. The number of nitrogens with one attached hydrogen (secondary N) is 2. The van der Waals surface area contributed by atoms with E-state index in [0.717, 1.165) is 17.8 Å². The molecule has 13 heavy (non-hydrogen) atoms. The van der Waals surface area contributed by atoms with Crippen molar-refractivity contribution >= 4 is 22.4 Å². The molecule has 0 atom stereocenters. The Labute approximate surface area is 81.2 Å². The Morgan fingerprint density at radius 1 is 1.62 bits per heavy atom. The van der Waals surface area contributed by atoms with Crippen LogP contribution in [0.15, 0.2) is 17.5 Å². The lowest BCUT2D eigenvalue weighted by Gasteiger charge is -2.11. The molecule has 1 aliphatic rings. The molecule has 2 rings (SSSR count). The van der Waals surface area contributed by atoms with Crippen LogP contribution in [0.1, 0.15) is 19.8 Å². The van der Waals surface area contributed by atoms with Crippen LogP contribution in [-0.2, 0) is 0 Å². The van der Waals surface area contributed by atoms with E-state index in [2.05, 4.69) is 17.6 Å². The number of rotatable bonds is 2. The maximum Gasteiger partial charge on any atom is 0.320 e. The Bertz CT molecular complexity index is 303. The molecule has 0 spiro atoms. The molecule has 0 unspecified atom stereocenters. The molecule has 0 saturated heterocycles. The highest BCUT2D eigenvalue weighted by molar-refractivity contribution is 7.14. The van der Waals surface area contributed by atoms with Gasteiger partial charge in [-0.15, -0.1) is 11.3 Å². The van der Waals surface area contributed by atoms with Gasteiger partial charge >= 0.3 is 6.03 Å². The maximum absolute atomic E-state index is 11.4. The molecule has 3 nitrogen and oxygen atoms in total. The van der Waals surface area contributed by atoms with Crippen molar-refractivity contribution in [1.82, 2.24) is 5.32 Å². The van der Waals surface area contributed by atoms with Gasteiger partial charge in [-0.1, -0.05) is 0 Å². The fourth-order valence-electron chi connectivity index (χ4n) is 1.08. The minimum Gasteiger partial charge on any atom is -0.333 e. The van der Waals surface area contributed by atoms with Crippen LogP contribution < -0.4 is 10.6 Å². The van der Waals surface area contributed by atoms with Gasteiger partial charge in [0.05, 0.1) is 5.00 Å². The van der Waals surface area contributed by atoms with Crippen molar-refractivity contribution in [3.63, 3.8) is 0 Å². The van der Waals surface area contributed by atoms with Gasteiger partial charge in [0, 0.05) is 5.54 Å². The molecule has 1 aromatic heterocycles. The molecule has 2 amide bonds. The summed E-state index contributed by atoms with van der Waals surface area (Å²) >= 11 is 1.53.